The van der Waals surface area contributed by atoms with Gasteiger partial charge in [-0.05, 0) is 19.3 Å². The van der Waals surface area contributed by atoms with E-state index in [1.165, 1.54) is 0 Å². The fourth-order valence-corrected chi connectivity index (χ4v) is 1.68. The van der Waals surface area contributed by atoms with Crippen molar-refractivity contribution in [2.45, 2.75) is 32.6 Å². The van der Waals surface area contributed by atoms with Gasteiger partial charge in [0, 0.05) is 24.8 Å². The summed E-state index contributed by atoms with van der Waals surface area (Å²) in [4.78, 5) is 13.3. The van der Waals surface area contributed by atoms with Crippen molar-refractivity contribution in [1.29, 1.82) is 0 Å². The first-order valence-corrected chi connectivity index (χ1v) is 6.33. The molecule has 14 heavy (non-hydrogen) atoms. The fraction of sp³-hybridized carbons (Fsp3) is 0.900. The highest BCUT2D eigenvalue weighted by Gasteiger charge is 2.10. The Morgan fingerprint density at radius 1 is 1.36 bits per heavy atom. The minimum absolute atomic E-state index is 0.0597. The predicted molar refractivity (Wildman–Crippen MR) is 61.6 cm³/mol. The minimum atomic E-state index is 0.0597. The van der Waals surface area contributed by atoms with Crippen molar-refractivity contribution in [3.8, 4) is 0 Å². The number of carbonyl (C=O) groups is 1. The molecule has 1 amide bonds. The number of rotatable bonds is 8. The minimum Gasteiger partial charge on any atom is -0.395 e. The van der Waals surface area contributed by atoms with Crippen LogP contribution in [0.3, 0.4) is 0 Å². The monoisotopic (exact) mass is 265 g/mol. The maximum atomic E-state index is 11.6. The van der Waals surface area contributed by atoms with Crippen LogP contribution in [0.5, 0.6) is 0 Å². The topological polar surface area (TPSA) is 40.5 Å². The Labute approximate surface area is 94.6 Å². The van der Waals surface area contributed by atoms with E-state index in [0.717, 1.165) is 31.1 Å². The van der Waals surface area contributed by atoms with Crippen LogP contribution >= 0.6 is 15.9 Å². The first-order chi connectivity index (χ1) is 6.76. The lowest BCUT2D eigenvalue weighted by Crippen LogP contribution is -2.34. The van der Waals surface area contributed by atoms with Crippen molar-refractivity contribution in [2.24, 2.45) is 0 Å². The lowest BCUT2D eigenvalue weighted by Gasteiger charge is -2.20. The summed E-state index contributed by atoms with van der Waals surface area (Å²) in [5.74, 6) is 0.168. The van der Waals surface area contributed by atoms with Gasteiger partial charge in [-0.1, -0.05) is 22.9 Å². The quantitative estimate of drug-likeness (QED) is 0.537. The Morgan fingerprint density at radius 2 is 2.07 bits per heavy atom. The molecular formula is C10H20BrNO2. The van der Waals surface area contributed by atoms with Crippen molar-refractivity contribution in [3.63, 3.8) is 0 Å². The van der Waals surface area contributed by atoms with E-state index in [0.29, 0.717) is 13.0 Å². The average molecular weight is 266 g/mol. The number of halogens is 1. The first kappa shape index (κ1) is 13.9. The predicted octanol–water partition coefficient (Wildman–Crippen LogP) is 1.78. The van der Waals surface area contributed by atoms with E-state index in [1.807, 2.05) is 6.92 Å². The summed E-state index contributed by atoms with van der Waals surface area (Å²) in [6.45, 7) is 3.33. The third-order valence-electron chi connectivity index (χ3n) is 1.99. The van der Waals surface area contributed by atoms with Crippen molar-refractivity contribution < 1.29 is 9.90 Å². The van der Waals surface area contributed by atoms with Crippen LogP contribution in [0.1, 0.15) is 32.6 Å². The molecule has 0 aromatic carbocycles. The summed E-state index contributed by atoms with van der Waals surface area (Å²) < 4.78 is 0. The van der Waals surface area contributed by atoms with Crippen LogP contribution in [0.25, 0.3) is 0 Å². The van der Waals surface area contributed by atoms with Crippen LogP contribution in [0.4, 0.5) is 0 Å². The number of unbranched alkanes of at least 4 members (excludes halogenated alkanes) is 1. The third kappa shape index (κ3) is 6.38. The Hall–Kier alpha value is -0.0900. The van der Waals surface area contributed by atoms with Gasteiger partial charge in [0.1, 0.15) is 0 Å². The molecule has 0 aromatic heterocycles. The molecule has 3 nitrogen and oxygen atoms in total. The number of alkyl halides is 1. The van der Waals surface area contributed by atoms with Crippen LogP contribution in [-0.2, 0) is 4.79 Å². The van der Waals surface area contributed by atoms with Crippen molar-refractivity contribution in [3.05, 3.63) is 0 Å². The normalized spacial score (nSPS) is 10.2. The average Bonchev–Trinajstić information content (AvgIpc) is 2.18. The maximum Gasteiger partial charge on any atom is 0.222 e. The molecule has 0 spiro atoms. The molecule has 4 heteroatoms. The summed E-state index contributed by atoms with van der Waals surface area (Å²) in [6.07, 6.45) is 3.51. The zero-order valence-corrected chi connectivity index (χ0v) is 10.4. The second-order valence-electron chi connectivity index (χ2n) is 3.25. The molecule has 0 aromatic rings. The highest BCUT2D eigenvalue weighted by molar-refractivity contribution is 9.09. The molecule has 0 aliphatic rings. The summed E-state index contributed by atoms with van der Waals surface area (Å²) in [6, 6.07) is 0. The standard InChI is InChI=1S/C10H20BrNO2/c1-2-7-12(8-9-13)10(14)5-3-4-6-11/h13H,2-9H2,1H3. The van der Waals surface area contributed by atoms with Crippen LogP contribution < -0.4 is 0 Å². The van der Waals surface area contributed by atoms with Gasteiger partial charge in [-0.3, -0.25) is 4.79 Å². The maximum absolute atomic E-state index is 11.6. The van der Waals surface area contributed by atoms with Gasteiger partial charge >= 0.3 is 0 Å². The van der Waals surface area contributed by atoms with Gasteiger partial charge in [0.05, 0.1) is 6.61 Å². The van der Waals surface area contributed by atoms with Crippen LogP contribution in [0, 0.1) is 0 Å². The molecule has 0 aliphatic carbocycles. The Kier molecular flexibility index (Phi) is 9.40. The van der Waals surface area contributed by atoms with E-state index in [2.05, 4.69) is 15.9 Å². The number of aliphatic hydroxyl groups excluding tert-OH is 1. The molecule has 0 unspecified atom stereocenters. The number of hydrogen-bond donors (Lipinski definition) is 1. The smallest absolute Gasteiger partial charge is 0.222 e. The second-order valence-corrected chi connectivity index (χ2v) is 4.04. The van der Waals surface area contributed by atoms with Gasteiger partial charge in [0.25, 0.3) is 0 Å². The Bertz CT molecular complexity index is 147. The molecule has 0 radical (unpaired) electrons. The van der Waals surface area contributed by atoms with E-state index < -0.39 is 0 Å². The lowest BCUT2D eigenvalue weighted by molar-refractivity contribution is -0.131. The molecule has 0 saturated carbocycles. The fourth-order valence-electron chi connectivity index (χ4n) is 1.28. The van der Waals surface area contributed by atoms with E-state index >= 15 is 0 Å². The lowest BCUT2D eigenvalue weighted by atomic mass is 10.2. The molecule has 0 aliphatic heterocycles. The van der Waals surface area contributed by atoms with Crippen molar-refractivity contribution in [2.75, 3.05) is 25.0 Å². The number of hydrogen-bond acceptors (Lipinski definition) is 2. The largest absolute Gasteiger partial charge is 0.395 e. The SMILES string of the molecule is CCCN(CCO)C(=O)CCCCBr. The molecule has 0 fully saturated rings. The van der Waals surface area contributed by atoms with Gasteiger partial charge in [0.15, 0.2) is 0 Å². The van der Waals surface area contributed by atoms with Crippen molar-refractivity contribution in [1.82, 2.24) is 4.90 Å². The van der Waals surface area contributed by atoms with Crippen LogP contribution in [0.15, 0.2) is 0 Å². The summed E-state index contributed by atoms with van der Waals surface area (Å²) >= 11 is 3.33. The first-order valence-electron chi connectivity index (χ1n) is 5.20. The molecule has 0 saturated heterocycles. The van der Waals surface area contributed by atoms with Gasteiger partial charge in [-0.15, -0.1) is 0 Å². The molecule has 0 atom stereocenters. The molecule has 0 heterocycles. The number of carbonyl (C=O) groups excluding carboxylic acids is 1. The second kappa shape index (κ2) is 9.46. The van der Waals surface area contributed by atoms with E-state index in [1.54, 1.807) is 4.90 Å². The highest BCUT2D eigenvalue weighted by Crippen LogP contribution is 2.03. The summed E-state index contributed by atoms with van der Waals surface area (Å²) in [5, 5.41) is 9.73. The summed E-state index contributed by atoms with van der Waals surface area (Å²) in [7, 11) is 0. The van der Waals surface area contributed by atoms with E-state index in [4.69, 9.17) is 5.11 Å². The molecular weight excluding hydrogens is 246 g/mol. The van der Waals surface area contributed by atoms with E-state index in [9.17, 15) is 4.79 Å². The third-order valence-corrected chi connectivity index (χ3v) is 2.55. The van der Waals surface area contributed by atoms with Gasteiger partial charge in [-0.25, -0.2) is 0 Å². The Balaban J connectivity index is 3.76. The molecule has 0 bridgehead atoms. The van der Waals surface area contributed by atoms with Crippen LogP contribution in [-0.4, -0.2) is 40.9 Å². The van der Waals surface area contributed by atoms with Gasteiger partial charge in [0.2, 0.25) is 5.91 Å². The molecule has 84 valence electrons. The van der Waals surface area contributed by atoms with Gasteiger partial charge < -0.3 is 10.0 Å². The molecule has 0 rings (SSSR count). The highest BCUT2D eigenvalue weighted by atomic mass is 79.9. The zero-order chi connectivity index (χ0) is 10.8. The molecule has 1 N–H and O–H groups in total. The number of amides is 1. The zero-order valence-electron chi connectivity index (χ0n) is 8.84. The van der Waals surface area contributed by atoms with Gasteiger partial charge in [-0.2, -0.15) is 0 Å². The van der Waals surface area contributed by atoms with Crippen molar-refractivity contribution >= 4 is 21.8 Å². The Morgan fingerprint density at radius 3 is 2.57 bits per heavy atom. The summed E-state index contributed by atoms with van der Waals surface area (Å²) in [5.41, 5.74) is 0. The van der Waals surface area contributed by atoms with Crippen LogP contribution in [0.2, 0.25) is 0 Å². The number of aliphatic hydroxyl groups is 1. The number of nitrogens with zero attached hydrogens (tertiary/aromatic N) is 1. The van der Waals surface area contributed by atoms with E-state index in [-0.39, 0.29) is 12.5 Å².